The molecule has 1 atom stereocenters. The van der Waals surface area contributed by atoms with Crippen molar-refractivity contribution in [3.8, 4) is 0 Å². The number of nitrogens with zero attached hydrogens (tertiary/aromatic N) is 4. The van der Waals surface area contributed by atoms with E-state index in [1.54, 1.807) is 6.33 Å². The molecule has 1 aliphatic heterocycles. The maximum absolute atomic E-state index is 13.2. The van der Waals surface area contributed by atoms with Gasteiger partial charge in [-0.25, -0.2) is 14.4 Å². The molecule has 0 bridgehead atoms. The molecule has 7 heteroatoms. The van der Waals surface area contributed by atoms with Gasteiger partial charge < -0.3 is 10.2 Å². The Kier molecular flexibility index (Phi) is 3.58. The van der Waals surface area contributed by atoms with Crippen LogP contribution < -0.4 is 10.2 Å². The quantitative estimate of drug-likeness (QED) is 0.730. The van der Waals surface area contributed by atoms with Crippen LogP contribution in [0.3, 0.4) is 0 Å². The maximum Gasteiger partial charge on any atom is 0.153 e. The first-order valence-electron chi connectivity index (χ1n) is 8.93. The lowest BCUT2D eigenvalue weighted by Gasteiger charge is -2.42. The van der Waals surface area contributed by atoms with E-state index < -0.39 is 0 Å². The third-order valence-electron chi connectivity index (χ3n) is 5.09. The minimum atomic E-state index is -0.210. The van der Waals surface area contributed by atoms with E-state index in [2.05, 4.69) is 30.4 Å². The Labute approximate surface area is 150 Å². The Bertz CT molecular complexity index is 918. The molecule has 1 saturated carbocycles. The number of hydrogen-bond acceptors (Lipinski definition) is 5. The summed E-state index contributed by atoms with van der Waals surface area (Å²) in [6.45, 7) is 0.923. The van der Waals surface area contributed by atoms with E-state index in [1.807, 2.05) is 24.3 Å². The summed E-state index contributed by atoms with van der Waals surface area (Å²) in [6, 6.07) is 10.9. The van der Waals surface area contributed by atoms with Crippen molar-refractivity contribution in [3.05, 3.63) is 59.8 Å². The van der Waals surface area contributed by atoms with Crippen LogP contribution in [-0.2, 0) is 0 Å². The van der Waals surface area contributed by atoms with Crippen molar-refractivity contribution in [2.24, 2.45) is 0 Å². The Balaban J connectivity index is 1.33. The number of H-pyrrole nitrogens is 1. The zero-order valence-electron chi connectivity index (χ0n) is 14.2. The highest BCUT2D eigenvalue weighted by Gasteiger charge is 2.31. The fourth-order valence-corrected chi connectivity index (χ4v) is 3.40. The molecule has 1 saturated heterocycles. The first-order chi connectivity index (χ1) is 12.8. The van der Waals surface area contributed by atoms with E-state index in [9.17, 15) is 4.39 Å². The molecule has 3 heterocycles. The van der Waals surface area contributed by atoms with Crippen LogP contribution in [-0.4, -0.2) is 26.7 Å². The molecule has 2 aliphatic rings. The van der Waals surface area contributed by atoms with Gasteiger partial charge in [0.05, 0.1) is 6.04 Å². The highest BCUT2D eigenvalue weighted by Crippen LogP contribution is 2.40. The Morgan fingerprint density at radius 1 is 1.04 bits per heavy atom. The van der Waals surface area contributed by atoms with Gasteiger partial charge in [-0.1, -0.05) is 12.1 Å². The minimum Gasteiger partial charge on any atom is -0.349 e. The third kappa shape index (κ3) is 2.89. The van der Waals surface area contributed by atoms with Gasteiger partial charge in [0.1, 0.15) is 23.8 Å². The second kappa shape index (κ2) is 6.09. The second-order valence-corrected chi connectivity index (χ2v) is 6.92. The van der Waals surface area contributed by atoms with Crippen molar-refractivity contribution >= 4 is 17.5 Å². The van der Waals surface area contributed by atoms with Gasteiger partial charge in [-0.3, -0.25) is 5.10 Å². The molecule has 5 rings (SSSR count). The number of hydrogen-bond donors (Lipinski definition) is 2. The number of aromatic nitrogens is 4. The summed E-state index contributed by atoms with van der Waals surface area (Å²) >= 11 is 0. The van der Waals surface area contributed by atoms with Gasteiger partial charge in [0.25, 0.3) is 0 Å². The Hall–Kier alpha value is -2.96. The number of halogens is 1. The van der Waals surface area contributed by atoms with E-state index in [-0.39, 0.29) is 11.9 Å². The van der Waals surface area contributed by atoms with E-state index in [1.165, 1.54) is 30.7 Å². The average Bonchev–Trinajstić information content (AvgIpc) is 3.36. The van der Waals surface area contributed by atoms with Crippen molar-refractivity contribution in [2.75, 3.05) is 16.8 Å². The van der Waals surface area contributed by atoms with Crippen LogP contribution in [0.2, 0.25) is 0 Å². The topological polar surface area (TPSA) is 69.7 Å². The van der Waals surface area contributed by atoms with Crippen LogP contribution in [0, 0.1) is 5.82 Å². The monoisotopic (exact) mass is 350 g/mol. The van der Waals surface area contributed by atoms with Crippen LogP contribution in [0.5, 0.6) is 0 Å². The number of rotatable bonds is 5. The predicted octanol–water partition coefficient (Wildman–Crippen LogP) is 3.91. The molecule has 132 valence electrons. The summed E-state index contributed by atoms with van der Waals surface area (Å²) in [6.07, 6.45) is 5.06. The summed E-state index contributed by atoms with van der Waals surface area (Å²) in [4.78, 5) is 10.9. The fraction of sp³-hybridized carbons (Fsp3) is 0.316. The molecule has 6 nitrogen and oxygen atoms in total. The van der Waals surface area contributed by atoms with Crippen molar-refractivity contribution < 1.29 is 4.39 Å². The molecule has 2 aromatic heterocycles. The normalized spacial score (nSPS) is 19.3. The summed E-state index contributed by atoms with van der Waals surface area (Å²) in [7, 11) is 0. The highest BCUT2D eigenvalue weighted by molar-refractivity contribution is 5.58. The number of aromatic amines is 1. The van der Waals surface area contributed by atoms with Crippen molar-refractivity contribution in [1.82, 2.24) is 20.2 Å². The molecule has 2 N–H and O–H groups in total. The summed E-state index contributed by atoms with van der Waals surface area (Å²) in [5, 5.41) is 10.6. The second-order valence-electron chi connectivity index (χ2n) is 6.92. The maximum atomic E-state index is 13.2. The summed E-state index contributed by atoms with van der Waals surface area (Å²) in [5.41, 5.74) is 2.29. The van der Waals surface area contributed by atoms with E-state index >= 15 is 0 Å². The van der Waals surface area contributed by atoms with E-state index in [0.717, 1.165) is 30.2 Å². The van der Waals surface area contributed by atoms with Crippen LogP contribution >= 0.6 is 0 Å². The van der Waals surface area contributed by atoms with Crippen LogP contribution in [0.25, 0.3) is 0 Å². The molecule has 1 unspecified atom stereocenters. The van der Waals surface area contributed by atoms with Crippen LogP contribution in [0.15, 0.2) is 42.7 Å². The van der Waals surface area contributed by atoms with Crippen molar-refractivity contribution in [1.29, 1.82) is 0 Å². The first kappa shape index (κ1) is 15.3. The first-order valence-corrected chi connectivity index (χ1v) is 8.93. The lowest BCUT2D eigenvalue weighted by Crippen LogP contribution is -2.41. The molecule has 3 aromatic rings. The van der Waals surface area contributed by atoms with E-state index in [4.69, 9.17) is 0 Å². The summed E-state index contributed by atoms with van der Waals surface area (Å²) in [5.74, 6) is 2.78. The molecule has 0 radical (unpaired) electrons. The summed E-state index contributed by atoms with van der Waals surface area (Å²) < 4.78 is 13.2. The average molecular weight is 350 g/mol. The van der Waals surface area contributed by atoms with Gasteiger partial charge in [0.15, 0.2) is 5.82 Å². The molecule has 1 aromatic carbocycles. The van der Waals surface area contributed by atoms with Gasteiger partial charge >= 0.3 is 0 Å². The Morgan fingerprint density at radius 3 is 2.62 bits per heavy atom. The van der Waals surface area contributed by atoms with Gasteiger partial charge in [0.2, 0.25) is 0 Å². The van der Waals surface area contributed by atoms with Crippen molar-refractivity contribution in [3.63, 3.8) is 0 Å². The smallest absolute Gasteiger partial charge is 0.153 e. The zero-order chi connectivity index (χ0) is 17.5. The molecule has 26 heavy (non-hydrogen) atoms. The largest absolute Gasteiger partial charge is 0.349 e. The van der Waals surface area contributed by atoms with Gasteiger partial charge in [0, 0.05) is 30.3 Å². The van der Waals surface area contributed by atoms with Crippen molar-refractivity contribution in [2.45, 2.75) is 31.2 Å². The SMILES string of the molecule is Fc1ccc(C2CCN2c2cc(Nc3cc(C4CC4)[nH]n3)ncn2)cc1. The molecule has 0 spiro atoms. The molecule has 0 amide bonds. The van der Waals surface area contributed by atoms with Gasteiger partial charge in [-0.15, -0.1) is 0 Å². The Morgan fingerprint density at radius 2 is 1.88 bits per heavy atom. The number of benzene rings is 1. The predicted molar refractivity (Wildman–Crippen MR) is 97.0 cm³/mol. The molecule has 2 fully saturated rings. The molecular formula is C19H19FN6. The number of anilines is 3. The van der Waals surface area contributed by atoms with Gasteiger partial charge in [-0.05, 0) is 37.0 Å². The lowest BCUT2D eigenvalue weighted by atomic mass is 9.95. The van der Waals surface area contributed by atoms with Crippen LogP contribution in [0.4, 0.5) is 21.8 Å². The fourth-order valence-electron chi connectivity index (χ4n) is 3.40. The zero-order valence-corrected chi connectivity index (χ0v) is 14.2. The lowest BCUT2D eigenvalue weighted by molar-refractivity contribution is 0.460. The third-order valence-corrected chi connectivity index (χ3v) is 5.09. The highest BCUT2D eigenvalue weighted by atomic mass is 19.1. The molecular weight excluding hydrogens is 331 g/mol. The van der Waals surface area contributed by atoms with Gasteiger partial charge in [-0.2, -0.15) is 5.10 Å². The van der Waals surface area contributed by atoms with Crippen LogP contribution in [0.1, 0.15) is 42.5 Å². The number of nitrogens with one attached hydrogen (secondary N) is 2. The molecule has 1 aliphatic carbocycles. The standard InChI is InChI=1S/C19H19FN6/c20-14-5-3-13(4-6-14)16-7-8-26(16)19-10-17(21-11-22-19)23-18-9-15(24-25-18)12-1-2-12/h3-6,9-12,16H,1-2,7-8H2,(H2,21,22,23,24,25). The minimum absolute atomic E-state index is 0.210. The van der Waals surface area contributed by atoms with E-state index in [0.29, 0.717) is 11.7 Å².